The topological polar surface area (TPSA) is 37.3 Å². The highest BCUT2D eigenvalue weighted by Crippen LogP contribution is 2.31. The molecule has 80 valence electrons. The van der Waals surface area contributed by atoms with Crippen molar-refractivity contribution >= 4 is 38.2 Å². The quantitative estimate of drug-likeness (QED) is 0.850. The lowest BCUT2D eigenvalue weighted by molar-refractivity contribution is -0.130. The zero-order valence-electron chi connectivity index (χ0n) is 8.40. The van der Waals surface area contributed by atoms with E-state index in [4.69, 9.17) is 5.11 Å². The Hall–Kier alpha value is -1.61. The number of carboxylic acids is 1. The molecule has 16 heavy (non-hydrogen) atoms. The van der Waals surface area contributed by atoms with Gasteiger partial charge in [0.2, 0.25) is 0 Å². The van der Waals surface area contributed by atoms with Crippen LogP contribution in [-0.2, 0) is 4.79 Å². The highest BCUT2D eigenvalue weighted by atomic mass is 79.9. The predicted octanol–water partition coefficient (Wildman–Crippen LogP) is 3.70. The van der Waals surface area contributed by atoms with Crippen LogP contribution in [0, 0.1) is 0 Å². The van der Waals surface area contributed by atoms with Crippen LogP contribution in [0.5, 0.6) is 0 Å². The molecule has 0 aromatic heterocycles. The first kappa shape index (κ1) is 10.9. The molecule has 0 fully saturated rings. The van der Waals surface area contributed by atoms with Gasteiger partial charge in [-0.1, -0.05) is 43.0 Å². The van der Waals surface area contributed by atoms with E-state index >= 15 is 0 Å². The summed E-state index contributed by atoms with van der Waals surface area (Å²) in [4.78, 5) is 10.9. The standard InChI is InChI=1S/C13H9BrO2/c1-8(13(15)16)10-7-6-9-4-2-3-5-11(9)12(10)14/h2-7H,1H2,(H,15,16). The number of rotatable bonds is 2. The number of halogens is 1. The van der Waals surface area contributed by atoms with Crippen molar-refractivity contribution in [3.05, 3.63) is 53.0 Å². The fourth-order valence-corrected chi connectivity index (χ4v) is 2.31. The number of hydrogen-bond acceptors (Lipinski definition) is 1. The molecule has 1 N–H and O–H groups in total. The molecule has 2 aromatic carbocycles. The summed E-state index contributed by atoms with van der Waals surface area (Å²) in [6.07, 6.45) is 0. The summed E-state index contributed by atoms with van der Waals surface area (Å²) in [6, 6.07) is 11.4. The van der Waals surface area contributed by atoms with Gasteiger partial charge in [-0.05, 0) is 26.7 Å². The minimum Gasteiger partial charge on any atom is -0.478 e. The first-order chi connectivity index (χ1) is 7.61. The monoisotopic (exact) mass is 276 g/mol. The molecule has 0 unspecified atom stereocenters. The Morgan fingerprint density at radius 2 is 1.88 bits per heavy atom. The second kappa shape index (κ2) is 4.10. The summed E-state index contributed by atoms with van der Waals surface area (Å²) in [6.45, 7) is 3.56. The fourth-order valence-electron chi connectivity index (χ4n) is 1.58. The van der Waals surface area contributed by atoms with Crippen LogP contribution in [0.2, 0.25) is 0 Å². The molecular weight excluding hydrogens is 268 g/mol. The number of fused-ring (bicyclic) bond motifs is 1. The molecule has 0 aliphatic carbocycles. The maximum Gasteiger partial charge on any atom is 0.335 e. The molecule has 0 saturated heterocycles. The second-order valence-corrected chi connectivity index (χ2v) is 4.22. The van der Waals surface area contributed by atoms with Crippen LogP contribution in [0.3, 0.4) is 0 Å². The van der Waals surface area contributed by atoms with Crippen molar-refractivity contribution in [1.29, 1.82) is 0 Å². The summed E-state index contributed by atoms with van der Waals surface area (Å²) in [5, 5.41) is 11.0. The Morgan fingerprint density at radius 3 is 2.56 bits per heavy atom. The van der Waals surface area contributed by atoms with Crippen molar-refractivity contribution in [3.63, 3.8) is 0 Å². The van der Waals surface area contributed by atoms with Crippen molar-refractivity contribution in [3.8, 4) is 0 Å². The van der Waals surface area contributed by atoms with E-state index in [1.54, 1.807) is 6.07 Å². The van der Waals surface area contributed by atoms with E-state index in [0.29, 0.717) is 5.56 Å². The van der Waals surface area contributed by atoms with Crippen LogP contribution in [0.25, 0.3) is 16.3 Å². The molecule has 0 heterocycles. The molecule has 3 heteroatoms. The normalized spacial score (nSPS) is 10.3. The van der Waals surface area contributed by atoms with Gasteiger partial charge in [0.1, 0.15) is 0 Å². The van der Waals surface area contributed by atoms with E-state index in [0.717, 1.165) is 15.2 Å². The lowest BCUT2D eigenvalue weighted by Crippen LogP contribution is -1.98. The molecule has 0 aliphatic rings. The molecule has 0 aliphatic heterocycles. The van der Waals surface area contributed by atoms with Crippen molar-refractivity contribution in [2.75, 3.05) is 0 Å². The number of aliphatic carboxylic acids is 1. The molecule has 0 amide bonds. The maximum atomic E-state index is 10.9. The lowest BCUT2D eigenvalue weighted by Gasteiger charge is -2.07. The van der Waals surface area contributed by atoms with E-state index in [1.165, 1.54) is 0 Å². The highest BCUT2D eigenvalue weighted by molar-refractivity contribution is 9.10. The molecule has 0 bridgehead atoms. The van der Waals surface area contributed by atoms with E-state index in [1.807, 2.05) is 30.3 Å². The van der Waals surface area contributed by atoms with Gasteiger partial charge in [0, 0.05) is 10.0 Å². The minimum atomic E-state index is -1.00. The van der Waals surface area contributed by atoms with Gasteiger partial charge in [0.05, 0.1) is 5.57 Å². The summed E-state index contributed by atoms with van der Waals surface area (Å²) in [5.41, 5.74) is 0.712. The summed E-state index contributed by atoms with van der Waals surface area (Å²) in [7, 11) is 0. The Bertz CT molecular complexity index is 588. The number of carboxylic acid groups (broad SMARTS) is 1. The SMILES string of the molecule is C=C(C(=O)O)c1ccc2ccccc2c1Br. The van der Waals surface area contributed by atoms with Crippen LogP contribution in [0.15, 0.2) is 47.4 Å². The van der Waals surface area contributed by atoms with E-state index in [-0.39, 0.29) is 5.57 Å². The predicted molar refractivity (Wildman–Crippen MR) is 68.3 cm³/mol. The van der Waals surface area contributed by atoms with Crippen LogP contribution in [0.1, 0.15) is 5.56 Å². The number of hydrogen-bond donors (Lipinski definition) is 1. The third-order valence-electron chi connectivity index (χ3n) is 2.45. The van der Waals surface area contributed by atoms with Gasteiger partial charge in [-0.2, -0.15) is 0 Å². The van der Waals surface area contributed by atoms with E-state index in [2.05, 4.69) is 22.5 Å². The maximum absolute atomic E-state index is 10.9. The fraction of sp³-hybridized carbons (Fsp3) is 0. The van der Waals surface area contributed by atoms with Crippen molar-refractivity contribution in [1.82, 2.24) is 0 Å². The van der Waals surface area contributed by atoms with Gasteiger partial charge in [-0.3, -0.25) is 0 Å². The van der Waals surface area contributed by atoms with Gasteiger partial charge >= 0.3 is 5.97 Å². The molecule has 0 spiro atoms. The van der Waals surface area contributed by atoms with Gasteiger partial charge in [0.15, 0.2) is 0 Å². The zero-order valence-corrected chi connectivity index (χ0v) is 9.99. The number of benzene rings is 2. The number of carbonyl (C=O) groups is 1. The molecule has 0 saturated carbocycles. The lowest BCUT2D eigenvalue weighted by atomic mass is 10.0. The second-order valence-electron chi connectivity index (χ2n) is 3.43. The summed E-state index contributed by atoms with van der Waals surface area (Å²) < 4.78 is 0.776. The summed E-state index contributed by atoms with van der Waals surface area (Å²) in [5.74, 6) is -1.00. The molecule has 2 nitrogen and oxygen atoms in total. The van der Waals surface area contributed by atoms with Crippen LogP contribution >= 0.6 is 15.9 Å². The first-order valence-corrected chi connectivity index (χ1v) is 5.50. The molecule has 0 radical (unpaired) electrons. The Morgan fingerprint density at radius 1 is 1.19 bits per heavy atom. The third-order valence-corrected chi connectivity index (χ3v) is 3.30. The molecule has 2 aromatic rings. The molecular formula is C13H9BrO2. The van der Waals surface area contributed by atoms with Crippen LogP contribution in [0.4, 0.5) is 0 Å². The van der Waals surface area contributed by atoms with Crippen molar-refractivity contribution in [2.24, 2.45) is 0 Å². The third kappa shape index (κ3) is 1.74. The smallest absolute Gasteiger partial charge is 0.335 e. The highest BCUT2D eigenvalue weighted by Gasteiger charge is 2.12. The summed E-state index contributed by atoms with van der Waals surface area (Å²) >= 11 is 3.43. The molecule has 0 atom stereocenters. The van der Waals surface area contributed by atoms with Crippen LogP contribution < -0.4 is 0 Å². The van der Waals surface area contributed by atoms with Gasteiger partial charge < -0.3 is 5.11 Å². The van der Waals surface area contributed by atoms with Gasteiger partial charge in [0.25, 0.3) is 0 Å². The van der Waals surface area contributed by atoms with E-state index < -0.39 is 5.97 Å². The van der Waals surface area contributed by atoms with Crippen molar-refractivity contribution < 1.29 is 9.90 Å². The zero-order chi connectivity index (χ0) is 11.7. The van der Waals surface area contributed by atoms with Gasteiger partial charge in [-0.15, -0.1) is 0 Å². The average Bonchev–Trinajstić information content (AvgIpc) is 2.29. The van der Waals surface area contributed by atoms with Gasteiger partial charge in [-0.25, -0.2) is 4.79 Å². The Labute approximate surface area is 101 Å². The first-order valence-electron chi connectivity index (χ1n) is 4.71. The molecule has 2 rings (SSSR count). The van der Waals surface area contributed by atoms with Crippen molar-refractivity contribution in [2.45, 2.75) is 0 Å². The Kier molecular flexibility index (Phi) is 2.79. The van der Waals surface area contributed by atoms with Crippen LogP contribution in [-0.4, -0.2) is 11.1 Å². The minimum absolute atomic E-state index is 0.0950. The average molecular weight is 277 g/mol. The largest absolute Gasteiger partial charge is 0.478 e. The van der Waals surface area contributed by atoms with E-state index in [9.17, 15) is 4.79 Å². The Balaban J connectivity index is 2.70.